The molecule has 2 rings (SSSR count). The first-order valence-corrected chi connectivity index (χ1v) is 7.77. The first-order valence-electron chi connectivity index (χ1n) is 6.97. The number of rotatable bonds is 6. The number of benzene rings is 1. The van der Waals surface area contributed by atoms with Crippen molar-refractivity contribution in [3.63, 3.8) is 0 Å². The van der Waals surface area contributed by atoms with Gasteiger partial charge >= 0.3 is 0 Å². The first-order chi connectivity index (χ1) is 8.49. The third-order valence-electron chi connectivity index (χ3n) is 4.26. The molecule has 100 valence electrons. The van der Waals surface area contributed by atoms with Gasteiger partial charge in [0.05, 0.1) is 0 Å². The molecule has 1 aliphatic carbocycles. The van der Waals surface area contributed by atoms with Crippen molar-refractivity contribution in [1.29, 1.82) is 0 Å². The summed E-state index contributed by atoms with van der Waals surface area (Å²) in [6.07, 6.45) is 3.87. The predicted octanol–water partition coefficient (Wildman–Crippen LogP) is 4.41. The molecule has 1 fully saturated rings. The summed E-state index contributed by atoms with van der Waals surface area (Å²) in [5.74, 6) is 0.683. The number of hydrogen-bond acceptors (Lipinski definition) is 1. The van der Waals surface area contributed by atoms with Crippen LogP contribution in [0, 0.1) is 11.3 Å². The van der Waals surface area contributed by atoms with E-state index >= 15 is 0 Å². The summed E-state index contributed by atoms with van der Waals surface area (Å²) < 4.78 is 1.18. The molecule has 0 heterocycles. The fraction of sp³-hybridized carbons (Fsp3) is 0.625. The second kappa shape index (κ2) is 5.75. The van der Waals surface area contributed by atoms with Crippen molar-refractivity contribution in [2.24, 2.45) is 11.3 Å². The second-order valence-electron chi connectivity index (χ2n) is 6.27. The highest BCUT2D eigenvalue weighted by Gasteiger charge is 2.31. The normalized spacial score (nSPS) is 18.9. The molecular formula is C16H24BrN. The van der Waals surface area contributed by atoms with Crippen LogP contribution in [-0.4, -0.2) is 12.6 Å². The van der Waals surface area contributed by atoms with Crippen molar-refractivity contribution in [2.75, 3.05) is 6.54 Å². The molecule has 18 heavy (non-hydrogen) atoms. The Labute approximate surface area is 119 Å². The fourth-order valence-electron chi connectivity index (χ4n) is 2.25. The molecule has 1 atom stereocenters. The Hall–Kier alpha value is -0.340. The molecule has 1 nitrogen and oxygen atoms in total. The second-order valence-corrected chi connectivity index (χ2v) is 7.19. The maximum atomic E-state index is 3.70. The summed E-state index contributed by atoms with van der Waals surface area (Å²) in [6, 6.07) is 9.51. The third-order valence-corrected chi connectivity index (χ3v) is 4.76. The SMILES string of the molecule is CC(C)C(C)(CNC1CC1)Cc1cccc(Br)c1. The summed E-state index contributed by atoms with van der Waals surface area (Å²) >= 11 is 3.56. The van der Waals surface area contributed by atoms with Crippen LogP contribution in [0.4, 0.5) is 0 Å². The van der Waals surface area contributed by atoms with E-state index in [0.717, 1.165) is 19.0 Å². The van der Waals surface area contributed by atoms with Crippen molar-refractivity contribution in [3.05, 3.63) is 34.3 Å². The fourth-order valence-corrected chi connectivity index (χ4v) is 2.70. The van der Waals surface area contributed by atoms with Crippen LogP contribution in [0.1, 0.15) is 39.2 Å². The van der Waals surface area contributed by atoms with E-state index in [4.69, 9.17) is 0 Å². The highest BCUT2D eigenvalue weighted by Crippen LogP contribution is 2.32. The van der Waals surface area contributed by atoms with Crippen LogP contribution in [0.3, 0.4) is 0 Å². The van der Waals surface area contributed by atoms with E-state index in [0.29, 0.717) is 11.3 Å². The van der Waals surface area contributed by atoms with Gasteiger partial charge in [-0.25, -0.2) is 0 Å². The van der Waals surface area contributed by atoms with E-state index < -0.39 is 0 Å². The monoisotopic (exact) mass is 309 g/mol. The van der Waals surface area contributed by atoms with Crippen LogP contribution in [0.5, 0.6) is 0 Å². The molecule has 0 spiro atoms. The van der Waals surface area contributed by atoms with E-state index in [1.807, 2.05) is 0 Å². The minimum atomic E-state index is 0.337. The molecule has 1 saturated carbocycles. The van der Waals surface area contributed by atoms with Gasteiger partial charge in [0.1, 0.15) is 0 Å². The molecule has 1 aromatic rings. The topological polar surface area (TPSA) is 12.0 Å². The first kappa shape index (κ1) is 14.1. The van der Waals surface area contributed by atoms with Gasteiger partial charge in [-0.05, 0) is 48.3 Å². The molecule has 2 heteroatoms. The van der Waals surface area contributed by atoms with Crippen molar-refractivity contribution >= 4 is 15.9 Å². The van der Waals surface area contributed by atoms with Crippen molar-refractivity contribution in [3.8, 4) is 0 Å². The molecule has 1 unspecified atom stereocenters. The van der Waals surface area contributed by atoms with Gasteiger partial charge < -0.3 is 5.32 Å². The van der Waals surface area contributed by atoms with Crippen LogP contribution in [-0.2, 0) is 6.42 Å². The van der Waals surface area contributed by atoms with E-state index in [1.165, 1.54) is 22.9 Å². The van der Waals surface area contributed by atoms with Crippen LogP contribution in [0.2, 0.25) is 0 Å². The van der Waals surface area contributed by atoms with Gasteiger partial charge in [0.2, 0.25) is 0 Å². The van der Waals surface area contributed by atoms with Crippen molar-refractivity contribution in [2.45, 2.75) is 46.1 Å². The lowest BCUT2D eigenvalue weighted by atomic mass is 9.74. The zero-order valence-corrected chi connectivity index (χ0v) is 13.3. The number of hydrogen-bond donors (Lipinski definition) is 1. The predicted molar refractivity (Wildman–Crippen MR) is 81.8 cm³/mol. The molecule has 1 aliphatic rings. The molecule has 0 saturated heterocycles. The Bertz CT molecular complexity index is 398. The number of halogens is 1. The van der Waals surface area contributed by atoms with Gasteiger partial charge in [-0.2, -0.15) is 0 Å². The average molecular weight is 310 g/mol. The lowest BCUT2D eigenvalue weighted by Crippen LogP contribution is -2.38. The van der Waals surface area contributed by atoms with Crippen LogP contribution >= 0.6 is 15.9 Å². The molecule has 0 amide bonds. The summed E-state index contributed by atoms with van der Waals surface area (Å²) in [4.78, 5) is 0. The van der Waals surface area contributed by atoms with Crippen LogP contribution in [0.25, 0.3) is 0 Å². The highest BCUT2D eigenvalue weighted by molar-refractivity contribution is 9.10. The minimum absolute atomic E-state index is 0.337. The van der Waals surface area contributed by atoms with Gasteiger partial charge in [-0.1, -0.05) is 48.8 Å². The van der Waals surface area contributed by atoms with Crippen LogP contribution in [0.15, 0.2) is 28.7 Å². The summed E-state index contributed by atoms with van der Waals surface area (Å²) in [7, 11) is 0. The highest BCUT2D eigenvalue weighted by atomic mass is 79.9. The standard InChI is InChI=1S/C16H24BrN/c1-12(2)16(3,11-18-15-7-8-15)10-13-5-4-6-14(17)9-13/h4-6,9,12,15,18H,7-8,10-11H2,1-3H3. The van der Waals surface area contributed by atoms with Gasteiger partial charge in [-0.3, -0.25) is 0 Å². The molecule has 0 bridgehead atoms. The Balaban J connectivity index is 2.03. The molecule has 1 N–H and O–H groups in total. The smallest absolute Gasteiger partial charge is 0.0177 e. The number of nitrogens with one attached hydrogen (secondary N) is 1. The Kier molecular flexibility index (Phi) is 4.50. The van der Waals surface area contributed by atoms with Crippen LogP contribution < -0.4 is 5.32 Å². The summed E-state index contributed by atoms with van der Waals surface area (Å²) in [5, 5.41) is 3.70. The Morgan fingerprint density at radius 1 is 1.39 bits per heavy atom. The Morgan fingerprint density at radius 3 is 2.67 bits per heavy atom. The van der Waals surface area contributed by atoms with E-state index in [1.54, 1.807) is 0 Å². The van der Waals surface area contributed by atoms with Gasteiger partial charge in [0.15, 0.2) is 0 Å². The van der Waals surface area contributed by atoms with Gasteiger partial charge in [0.25, 0.3) is 0 Å². The maximum absolute atomic E-state index is 3.70. The summed E-state index contributed by atoms with van der Waals surface area (Å²) in [5.41, 5.74) is 1.77. The zero-order chi connectivity index (χ0) is 13.2. The zero-order valence-electron chi connectivity index (χ0n) is 11.7. The van der Waals surface area contributed by atoms with Crippen molar-refractivity contribution < 1.29 is 0 Å². The molecule has 0 radical (unpaired) electrons. The Morgan fingerprint density at radius 2 is 2.11 bits per heavy atom. The van der Waals surface area contributed by atoms with Gasteiger partial charge in [0, 0.05) is 17.1 Å². The van der Waals surface area contributed by atoms with E-state index in [-0.39, 0.29) is 0 Å². The van der Waals surface area contributed by atoms with E-state index in [2.05, 4.69) is 66.3 Å². The van der Waals surface area contributed by atoms with Gasteiger partial charge in [-0.15, -0.1) is 0 Å². The maximum Gasteiger partial charge on any atom is 0.0177 e. The molecular weight excluding hydrogens is 286 g/mol. The molecule has 1 aromatic carbocycles. The summed E-state index contributed by atoms with van der Waals surface area (Å²) in [6.45, 7) is 8.22. The minimum Gasteiger partial charge on any atom is -0.313 e. The lowest BCUT2D eigenvalue weighted by Gasteiger charge is -2.34. The average Bonchev–Trinajstić information content (AvgIpc) is 3.10. The largest absolute Gasteiger partial charge is 0.313 e. The third kappa shape index (κ3) is 3.83. The van der Waals surface area contributed by atoms with E-state index in [9.17, 15) is 0 Å². The quantitative estimate of drug-likeness (QED) is 0.821. The molecule has 0 aliphatic heterocycles. The molecule has 0 aromatic heterocycles. The van der Waals surface area contributed by atoms with Crippen molar-refractivity contribution in [1.82, 2.24) is 5.32 Å². The lowest BCUT2D eigenvalue weighted by molar-refractivity contribution is 0.206.